The van der Waals surface area contributed by atoms with Crippen LogP contribution in [0.25, 0.3) is 0 Å². The van der Waals surface area contributed by atoms with Gasteiger partial charge in [-0.15, -0.1) is 0 Å². The number of nitrogens with zero attached hydrogens (tertiary/aromatic N) is 3. The number of amides is 2. The molecule has 0 atom stereocenters. The summed E-state index contributed by atoms with van der Waals surface area (Å²) in [6.07, 6.45) is 0.983. The first kappa shape index (κ1) is 22.4. The summed E-state index contributed by atoms with van der Waals surface area (Å²) in [5, 5.41) is 0. The molecule has 0 N–H and O–H groups in total. The van der Waals surface area contributed by atoms with Crippen molar-refractivity contribution in [1.29, 1.82) is 0 Å². The van der Waals surface area contributed by atoms with Gasteiger partial charge in [-0.25, -0.2) is 0 Å². The van der Waals surface area contributed by atoms with E-state index in [2.05, 4.69) is 38.7 Å². The maximum atomic E-state index is 12.9. The Morgan fingerprint density at radius 3 is 2.50 bits per heavy atom. The number of fused-ring (bicyclic) bond motifs is 1. The highest BCUT2D eigenvalue weighted by Gasteiger charge is 2.30. The zero-order valence-electron chi connectivity index (χ0n) is 19.5. The molecule has 172 valence electrons. The number of carbonyl (C=O) groups is 2. The van der Waals surface area contributed by atoms with Crippen LogP contribution in [0, 0.1) is 0 Å². The van der Waals surface area contributed by atoms with Crippen molar-refractivity contribution in [2.24, 2.45) is 0 Å². The molecule has 1 aromatic carbocycles. The van der Waals surface area contributed by atoms with Crippen molar-refractivity contribution in [1.82, 2.24) is 9.80 Å². The summed E-state index contributed by atoms with van der Waals surface area (Å²) in [6.45, 7) is 13.1. The number of anilines is 1. The van der Waals surface area contributed by atoms with Crippen LogP contribution in [0.15, 0.2) is 34.7 Å². The molecule has 2 aliphatic rings. The Morgan fingerprint density at radius 2 is 1.81 bits per heavy atom. The average molecular weight is 440 g/mol. The largest absolute Gasteiger partial charge is 0.482 e. The van der Waals surface area contributed by atoms with Crippen molar-refractivity contribution in [2.45, 2.75) is 46.1 Å². The molecular weight excluding hydrogens is 406 g/mol. The van der Waals surface area contributed by atoms with E-state index in [1.807, 2.05) is 17.0 Å². The van der Waals surface area contributed by atoms with Gasteiger partial charge in [-0.1, -0.05) is 33.8 Å². The standard InChI is InChI=1S/C25H33N3O4/c1-5-25(3,4)18-7-9-21-20(15-18)28(23(29)17-31-21)16-19-8-10-22(32-19)24(30)27-13-11-26(6-2)12-14-27/h7-10,15H,5-6,11-14,16-17H2,1-4H3. The third kappa shape index (κ3) is 4.39. The van der Waals surface area contributed by atoms with Gasteiger partial charge in [0.25, 0.3) is 11.8 Å². The molecule has 3 heterocycles. The van der Waals surface area contributed by atoms with E-state index in [-0.39, 0.29) is 30.4 Å². The third-order valence-corrected chi connectivity index (χ3v) is 6.86. The van der Waals surface area contributed by atoms with Gasteiger partial charge < -0.3 is 19.0 Å². The number of benzene rings is 1. The van der Waals surface area contributed by atoms with E-state index in [9.17, 15) is 9.59 Å². The van der Waals surface area contributed by atoms with E-state index in [1.165, 1.54) is 0 Å². The van der Waals surface area contributed by atoms with Crippen LogP contribution >= 0.6 is 0 Å². The van der Waals surface area contributed by atoms with E-state index in [0.717, 1.165) is 37.3 Å². The average Bonchev–Trinajstić information content (AvgIpc) is 3.29. The highest BCUT2D eigenvalue weighted by Crippen LogP contribution is 2.38. The van der Waals surface area contributed by atoms with Gasteiger partial charge in [-0.05, 0) is 48.2 Å². The molecule has 0 aliphatic carbocycles. The Bertz CT molecular complexity index is 989. The summed E-state index contributed by atoms with van der Waals surface area (Å²) in [7, 11) is 0. The fourth-order valence-corrected chi connectivity index (χ4v) is 4.16. The highest BCUT2D eigenvalue weighted by molar-refractivity contribution is 5.98. The minimum absolute atomic E-state index is 0.00226. The molecule has 0 saturated carbocycles. The minimum atomic E-state index is -0.121. The summed E-state index contributed by atoms with van der Waals surface area (Å²) in [6, 6.07) is 9.55. The van der Waals surface area contributed by atoms with Crippen LogP contribution < -0.4 is 9.64 Å². The van der Waals surface area contributed by atoms with Crippen LogP contribution in [0.3, 0.4) is 0 Å². The fourth-order valence-electron chi connectivity index (χ4n) is 4.16. The number of carbonyl (C=O) groups excluding carboxylic acids is 2. The van der Waals surface area contributed by atoms with Gasteiger partial charge in [0, 0.05) is 26.2 Å². The molecule has 4 rings (SSSR count). The lowest BCUT2D eigenvalue weighted by Crippen LogP contribution is -2.48. The number of ether oxygens (including phenoxy) is 1. The highest BCUT2D eigenvalue weighted by atomic mass is 16.5. The Morgan fingerprint density at radius 1 is 1.06 bits per heavy atom. The lowest BCUT2D eigenvalue weighted by molar-refractivity contribution is -0.121. The second-order valence-corrected chi connectivity index (χ2v) is 9.18. The Kier molecular flexibility index (Phi) is 6.29. The van der Waals surface area contributed by atoms with E-state index in [0.29, 0.717) is 30.4 Å². The molecule has 0 radical (unpaired) electrons. The lowest BCUT2D eigenvalue weighted by atomic mass is 9.82. The zero-order valence-corrected chi connectivity index (χ0v) is 19.5. The van der Waals surface area contributed by atoms with E-state index >= 15 is 0 Å². The van der Waals surface area contributed by atoms with E-state index in [4.69, 9.17) is 9.15 Å². The maximum Gasteiger partial charge on any atom is 0.289 e. The molecule has 2 aromatic rings. The minimum Gasteiger partial charge on any atom is -0.482 e. The second kappa shape index (κ2) is 8.98. The van der Waals surface area contributed by atoms with Gasteiger partial charge in [0.15, 0.2) is 12.4 Å². The summed E-state index contributed by atoms with van der Waals surface area (Å²) in [4.78, 5) is 31.4. The first-order valence-electron chi connectivity index (χ1n) is 11.5. The van der Waals surface area contributed by atoms with Gasteiger partial charge in [-0.2, -0.15) is 0 Å². The van der Waals surface area contributed by atoms with Crippen LogP contribution in [0.5, 0.6) is 5.75 Å². The molecule has 32 heavy (non-hydrogen) atoms. The van der Waals surface area contributed by atoms with Gasteiger partial charge in [0.1, 0.15) is 11.5 Å². The van der Waals surface area contributed by atoms with Gasteiger partial charge in [-0.3, -0.25) is 14.5 Å². The molecule has 1 saturated heterocycles. The predicted molar refractivity (Wildman–Crippen MR) is 123 cm³/mol. The molecule has 0 unspecified atom stereocenters. The Balaban J connectivity index is 1.52. The van der Waals surface area contributed by atoms with Crippen LogP contribution in [0.1, 0.15) is 56.0 Å². The second-order valence-electron chi connectivity index (χ2n) is 9.18. The van der Waals surface area contributed by atoms with Crippen LogP contribution in [-0.4, -0.2) is 60.9 Å². The van der Waals surface area contributed by atoms with Crippen LogP contribution in [0.4, 0.5) is 5.69 Å². The van der Waals surface area contributed by atoms with Gasteiger partial charge >= 0.3 is 0 Å². The molecule has 0 bridgehead atoms. The number of hydrogen-bond acceptors (Lipinski definition) is 5. The van der Waals surface area contributed by atoms with Crippen LogP contribution in [0.2, 0.25) is 0 Å². The smallest absolute Gasteiger partial charge is 0.289 e. The lowest BCUT2D eigenvalue weighted by Gasteiger charge is -2.33. The molecular formula is C25H33N3O4. The Labute approximate surface area is 189 Å². The molecule has 7 nitrogen and oxygen atoms in total. The third-order valence-electron chi connectivity index (χ3n) is 6.86. The normalized spacial score (nSPS) is 17.3. The van der Waals surface area contributed by atoms with Crippen molar-refractivity contribution >= 4 is 17.5 Å². The first-order chi connectivity index (χ1) is 15.3. The molecule has 1 fully saturated rings. The van der Waals surface area contributed by atoms with E-state index in [1.54, 1.807) is 17.0 Å². The molecule has 0 spiro atoms. The van der Waals surface area contributed by atoms with Crippen molar-refractivity contribution in [3.05, 3.63) is 47.4 Å². The van der Waals surface area contributed by atoms with Crippen LogP contribution in [-0.2, 0) is 16.8 Å². The summed E-state index contributed by atoms with van der Waals surface area (Å²) < 4.78 is 11.6. The number of furan rings is 1. The van der Waals surface area contributed by atoms with E-state index < -0.39 is 0 Å². The number of hydrogen-bond donors (Lipinski definition) is 0. The molecule has 7 heteroatoms. The monoisotopic (exact) mass is 439 g/mol. The summed E-state index contributed by atoms with van der Waals surface area (Å²) in [5.74, 6) is 1.39. The van der Waals surface area contributed by atoms with Gasteiger partial charge in [0.2, 0.25) is 0 Å². The Hall–Kier alpha value is -2.80. The molecule has 2 amide bonds. The quantitative estimate of drug-likeness (QED) is 0.687. The fraction of sp³-hybridized carbons (Fsp3) is 0.520. The molecule has 1 aromatic heterocycles. The van der Waals surface area contributed by atoms with Crippen molar-refractivity contribution in [2.75, 3.05) is 44.2 Å². The number of piperazine rings is 1. The van der Waals surface area contributed by atoms with Crippen molar-refractivity contribution in [3.8, 4) is 5.75 Å². The topological polar surface area (TPSA) is 66.2 Å². The van der Waals surface area contributed by atoms with Crippen molar-refractivity contribution in [3.63, 3.8) is 0 Å². The zero-order chi connectivity index (χ0) is 22.9. The summed E-state index contributed by atoms with van der Waals surface area (Å²) in [5.41, 5.74) is 1.90. The van der Waals surface area contributed by atoms with Gasteiger partial charge in [0.05, 0.1) is 12.2 Å². The number of rotatable bonds is 6. The maximum absolute atomic E-state index is 12.9. The first-order valence-corrected chi connectivity index (χ1v) is 11.5. The molecule has 2 aliphatic heterocycles. The SMILES string of the molecule is CCN1CCN(C(=O)c2ccc(CN3C(=O)COc4ccc(C(C)(C)CC)cc43)o2)CC1. The van der Waals surface area contributed by atoms with Crippen molar-refractivity contribution < 1.29 is 18.7 Å². The predicted octanol–water partition coefficient (Wildman–Crippen LogP) is 3.67. The summed E-state index contributed by atoms with van der Waals surface area (Å²) >= 11 is 0. The number of likely N-dealkylation sites (N-methyl/N-ethyl adjacent to an activating group) is 1.